The Morgan fingerprint density at radius 3 is 2.42 bits per heavy atom. The second-order valence-electron chi connectivity index (χ2n) is 4.66. The van der Waals surface area contributed by atoms with Crippen LogP contribution in [0.4, 0.5) is 17.6 Å². The summed E-state index contributed by atoms with van der Waals surface area (Å²) in [4.78, 5) is 1.87. The molecule has 0 unspecified atom stereocenters. The van der Waals surface area contributed by atoms with E-state index in [1.165, 1.54) is 0 Å². The molecule has 0 aromatic heterocycles. The monoisotopic (exact) mass is 276 g/mol. The lowest BCUT2D eigenvalue weighted by atomic mass is 9.98. The van der Waals surface area contributed by atoms with Crippen molar-refractivity contribution in [2.75, 3.05) is 26.2 Å². The van der Waals surface area contributed by atoms with Crippen LogP contribution in [-0.2, 0) is 6.18 Å². The molecule has 0 spiro atoms. The standard InChI is InChI=1S/C13H16F4N2/c1-9(19-7-5-18-6-8-19)12-10(13(15,16)17)3-2-4-11(12)14/h2-4,9,18H,5-8H2,1H3/t9-/m0/s1. The van der Waals surface area contributed by atoms with E-state index in [0.29, 0.717) is 26.2 Å². The molecule has 1 atom stereocenters. The molecule has 1 fully saturated rings. The molecule has 6 heteroatoms. The summed E-state index contributed by atoms with van der Waals surface area (Å²) in [6.45, 7) is 4.28. The second-order valence-corrected chi connectivity index (χ2v) is 4.66. The summed E-state index contributed by atoms with van der Waals surface area (Å²) in [5.41, 5.74) is -1.13. The van der Waals surface area contributed by atoms with Crippen LogP contribution in [-0.4, -0.2) is 31.1 Å². The van der Waals surface area contributed by atoms with Gasteiger partial charge in [0.15, 0.2) is 0 Å². The van der Waals surface area contributed by atoms with E-state index in [9.17, 15) is 17.6 Å². The van der Waals surface area contributed by atoms with Gasteiger partial charge < -0.3 is 5.32 Å². The summed E-state index contributed by atoms with van der Waals surface area (Å²) in [7, 11) is 0. The molecular weight excluding hydrogens is 260 g/mol. The molecule has 1 aliphatic rings. The molecule has 0 radical (unpaired) electrons. The Morgan fingerprint density at radius 2 is 1.84 bits per heavy atom. The minimum absolute atomic E-state index is 0.253. The third kappa shape index (κ3) is 3.06. The fourth-order valence-electron chi connectivity index (χ4n) is 2.46. The van der Waals surface area contributed by atoms with Gasteiger partial charge in [-0.2, -0.15) is 13.2 Å². The van der Waals surface area contributed by atoms with Gasteiger partial charge in [0.1, 0.15) is 5.82 Å². The van der Waals surface area contributed by atoms with Gasteiger partial charge in [-0.25, -0.2) is 4.39 Å². The first-order chi connectivity index (χ1) is 8.91. The maximum Gasteiger partial charge on any atom is 0.416 e. The van der Waals surface area contributed by atoms with Crippen LogP contribution in [0.5, 0.6) is 0 Å². The van der Waals surface area contributed by atoms with Gasteiger partial charge >= 0.3 is 6.18 Å². The van der Waals surface area contributed by atoms with Crippen molar-refractivity contribution in [3.63, 3.8) is 0 Å². The first kappa shape index (κ1) is 14.3. The predicted octanol–water partition coefficient (Wildman–Crippen LogP) is 2.81. The highest BCUT2D eigenvalue weighted by Gasteiger charge is 2.37. The van der Waals surface area contributed by atoms with E-state index in [4.69, 9.17) is 0 Å². The Balaban J connectivity index is 2.37. The van der Waals surface area contributed by atoms with Gasteiger partial charge in [0, 0.05) is 37.8 Å². The Labute approximate surface area is 109 Å². The molecule has 1 aromatic rings. The van der Waals surface area contributed by atoms with E-state index >= 15 is 0 Å². The van der Waals surface area contributed by atoms with Crippen LogP contribution in [0.1, 0.15) is 24.1 Å². The fraction of sp³-hybridized carbons (Fsp3) is 0.538. The molecule has 0 aliphatic carbocycles. The number of benzene rings is 1. The Kier molecular flexibility index (Phi) is 4.10. The predicted molar refractivity (Wildman–Crippen MR) is 64.3 cm³/mol. The van der Waals surface area contributed by atoms with Gasteiger partial charge in [-0.3, -0.25) is 4.90 Å². The van der Waals surface area contributed by atoms with Crippen molar-refractivity contribution in [2.45, 2.75) is 19.1 Å². The molecule has 2 rings (SSSR count). The lowest BCUT2D eigenvalue weighted by molar-refractivity contribution is -0.139. The summed E-state index contributed by atoms with van der Waals surface area (Å²) in [6.07, 6.45) is -4.53. The third-order valence-electron chi connectivity index (χ3n) is 3.48. The molecular formula is C13H16F4N2. The smallest absolute Gasteiger partial charge is 0.314 e. The van der Waals surface area contributed by atoms with Crippen molar-refractivity contribution in [2.24, 2.45) is 0 Å². The van der Waals surface area contributed by atoms with E-state index in [1.807, 2.05) is 4.90 Å². The summed E-state index contributed by atoms with van der Waals surface area (Å²) in [5, 5.41) is 3.12. The number of rotatable bonds is 2. The molecule has 1 heterocycles. The lowest BCUT2D eigenvalue weighted by Crippen LogP contribution is -2.45. The number of hydrogen-bond donors (Lipinski definition) is 1. The van der Waals surface area contributed by atoms with Crippen LogP contribution < -0.4 is 5.32 Å². The van der Waals surface area contributed by atoms with Crippen molar-refractivity contribution in [3.05, 3.63) is 35.1 Å². The van der Waals surface area contributed by atoms with E-state index < -0.39 is 23.6 Å². The summed E-state index contributed by atoms with van der Waals surface area (Å²) < 4.78 is 52.7. The van der Waals surface area contributed by atoms with Gasteiger partial charge in [0.05, 0.1) is 5.56 Å². The second kappa shape index (κ2) is 5.46. The van der Waals surface area contributed by atoms with Crippen LogP contribution >= 0.6 is 0 Å². The minimum Gasteiger partial charge on any atom is -0.314 e. The molecule has 1 N–H and O–H groups in total. The van der Waals surface area contributed by atoms with Crippen LogP contribution in [0, 0.1) is 5.82 Å². The van der Waals surface area contributed by atoms with Crippen LogP contribution in [0.25, 0.3) is 0 Å². The third-order valence-corrected chi connectivity index (χ3v) is 3.48. The molecule has 1 saturated heterocycles. The highest BCUT2D eigenvalue weighted by molar-refractivity contribution is 5.33. The molecule has 1 aromatic carbocycles. The van der Waals surface area contributed by atoms with E-state index in [0.717, 1.165) is 18.2 Å². The normalized spacial score (nSPS) is 19.4. The molecule has 0 amide bonds. The molecule has 2 nitrogen and oxygen atoms in total. The van der Waals surface area contributed by atoms with Crippen molar-refractivity contribution in [1.82, 2.24) is 10.2 Å². The molecule has 1 aliphatic heterocycles. The summed E-state index contributed by atoms with van der Waals surface area (Å²) in [5.74, 6) is -0.791. The van der Waals surface area contributed by atoms with Gasteiger partial charge in [-0.15, -0.1) is 0 Å². The summed E-state index contributed by atoms with van der Waals surface area (Å²) in [6, 6.07) is 2.55. The number of alkyl halides is 3. The fourth-order valence-corrected chi connectivity index (χ4v) is 2.46. The average Bonchev–Trinajstić information content (AvgIpc) is 2.37. The topological polar surface area (TPSA) is 15.3 Å². The molecule has 106 valence electrons. The Morgan fingerprint density at radius 1 is 1.21 bits per heavy atom. The number of halogens is 4. The highest BCUT2D eigenvalue weighted by atomic mass is 19.4. The van der Waals surface area contributed by atoms with Gasteiger partial charge in [-0.05, 0) is 19.1 Å². The van der Waals surface area contributed by atoms with E-state index in [1.54, 1.807) is 6.92 Å². The number of nitrogens with one attached hydrogen (secondary N) is 1. The zero-order chi connectivity index (χ0) is 14.0. The quantitative estimate of drug-likeness (QED) is 0.836. The molecule has 19 heavy (non-hydrogen) atoms. The van der Waals surface area contributed by atoms with Crippen LogP contribution in [0.3, 0.4) is 0 Å². The molecule has 0 bridgehead atoms. The van der Waals surface area contributed by atoms with Crippen molar-refractivity contribution in [1.29, 1.82) is 0 Å². The highest BCUT2D eigenvalue weighted by Crippen LogP contribution is 2.37. The SMILES string of the molecule is C[C@@H](c1c(F)cccc1C(F)(F)F)N1CCNCC1. The number of nitrogens with zero attached hydrogens (tertiary/aromatic N) is 1. The average molecular weight is 276 g/mol. The number of hydrogen-bond acceptors (Lipinski definition) is 2. The number of piperazine rings is 1. The summed E-state index contributed by atoms with van der Waals surface area (Å²) >= 11 is 0. The van der Waals surface area contributed by atoms with Gasteiger partial charge in [0.2, 0.25) is 0 Å². The van der Waals surface area contributed by atoms with Crippen LogP contribution in [0.15, 0.2) is 18.2 Å². The van der Waals surface area contributed by atoms with Gasteiger partial charge in [0.25, 0.3) is 0 Å². The molecule has 0 saturated carbocycles. The maximum absolute atomic E-state index is 13.8. The zero-order valence-electron chi connectivity index (χ0n) is 10.6. The zero-order valence-corrected chi connectivity index (χ0v) is 10.6. The minimum atomic E-state index is -4.53. The van der Waals surface area contributed by atoms with Crippen molar-refractivity contribution >= 4 is 0 Å². The van der Waals surface area contributed by atoms with Crippen molar-refractivity contribution < 1.29 is 17.6 Å². The first-order valence-corrected chi connectivity index (χ1v) is 6.21. The Hall–Kier alpha value is -1.14. The lowest BCUT2D eigenvalue weighted by Gasteiger charge is -2.34. The van der Waals surface area contributed by atoms with Crippen LogP contribution in [0.2, 0.25) is 0 Å². The largest absolute Gasteiger partial charge is 0.416 e. The maximum atomic E-state index is 13.8. The van der Waals surface area contributed by atoms with Crippen molar-refractivity contribution in [3.8, 4) is 0 Å². The Bertz CT molecular complexity index is 439. The first-order valence-electron chi connectivity index (χ1n) is 6.21. The van der Waals surface area contributed by atoms with E-state index in [-0.39, 0.29) is 5.56 Å². The van der Waals surface area contributed by atoms with Gasteiger partial charge in [-0.1, -0.05) is 6.07 Å². The van der Waals surface area contributed by atoms with E-state index in [2.05, 4.69) is 5.32 Å².